The Bertz CT molecular complexity index is 1180. The first kappa shape index (κ1) is 58.9. The molecule has 0 aromatic heterocycles. The highest BCUT2D eigenvalue weighted by atomic mass is 16.6. The fourth-order valence-electron chi connectivity index (χ4n) is 6.98. The van der Waals surface area contributed by atoms with Crippen LogP contribution >= 0.6 is 0 Å². The monoisotopic (exact) mass is 865 g/mol. The van der Waals surface area contributed by atoms with Crippen molar-refractivity contribution in [2.75, 3.05) is 13.2 Å². The molecule has 0 spiro atoms. The van der Waals surface area contributed by atoms with Crippen molar-refractivity contribution >= 4 is 17.9 Å². The van der Waals surface area contributed by atoms with Crippen molar-refractivity contribution in [3.63, 3.8) is 0 Å². The van der Waals surface area contributed by atoms with Gasteiger partial charge in [-0.25, -0.2) is 0 Å². The lowest BCUT2D eigenvalue weighted by Crippen LogP contribution is -2.30. The maximum Gasteiger partial charge on any atom is 0.306 e. The minimum atomic E-state index is -0.798. The molecule has 0 amide bonds. The van der Waals surface area contributed by atoms with E-state index in [0.29, 0.717) is 19.3 Å². The maximum absolute atomic E-state index is 12.8. The third kappa shape index (κ3) is 47.9. The molecule has 0 bridgehead atoms. The molecule has 0 aliphatic heterocycles. The van der Waals surface area contributed by atoms with E-state index in [1.165, 1.54) is 116 Å². The Kier molecular flexibility index (Phi) is 47.9. The molecule has 6 nitrogen and oxygen atoms in total. The summed E-state index contributed by atoms with van der Waals surface area (Å²) in [4.78, 5) is 37.9. The van der Waals surface area contributed by atoms with Crippen LogP contribution in [0.2, 0.25) is 0 Å². The molecule has 0 unspecified atom stereocenters. The number of hydrogen-bond acceptors (Lipinski definition) is 6. The molecule has 62 heavy (non-hydrogen) atoms. The molecule has 1 atom stereocenters. The fraction of sp³-hybridized carbons (Fsp3) is 0.732. The topological polar surface area (TPSA) is 78.9 Å². The number of unbranched alkanes of at least 4 members (excludes halogenated alkanes) is 23. The van der Waals surface area contributed by atoms with E-state index in [2.05, 4.69) is 93.7 Å². The molecule has 0 fully saturated rings. The largest absolute Gasteiger partial charge is 0.462 e. The SMILES string of the molecule is CCCCC/C=C\C/C=C\C/C=C\CCCCCCCCC(=O)OC[C@@H](COC(=O)CCCCCCCCCCCC)OC(=O)CCCC/C=C\C/C=C\C/C=C\CCCCC. The summed E-state index contributed by atoms with van der Waals surface area (Å²) in [5, 5.41) is 0. The maximum atomic E-state index is 12.8. The molecule has 0 aromatic carbocycles. The van der Waals surface area contributed by atoms with Crippen molar-refractivity contribution in [3.05, 3.63) is 72.9 Å². The van der Waals surface area contributed by atoms with Crippen molar-refractivity contribution < 1.29 is 28.6 Å². The minimum absolute atomic E-state index is 0.0940. The van der Waals surface area contributed by atoms with E-state index in [-0.39, 0.29) is 37.5 Å². The second-order valence-electron chi connectivity index (χ2n) is 17.1. The van der Waals surface area contributed by atoms with Crippen molar-refractivity contribution in [1.29, 1.82) is 0 Å². The number of carbonyl (C=O) groups excluding carboxylic acids is 3. The lowest BCUT2D eigenvalue weighted by atomic mass is 10.1. The van der Waals surface area contributed by atoms with Gasteiger partial charge in [0.25, 0.3) is 0 Å². The van der Waals surface area contributed by atoms with Crippen LogP contribution in [0.15, 0.2) is 72.9 Å². The molecule has 0 aliphatic rings. The van der Waals surface area contributed by atoms with Gasteiger partial charge in [-0.2, -0.15) is 0 Å². The Morgan fingerprint density at radius 3 is 0.968 bits per heavy atom. The molecule has 0 saturated carbocycles. The average Bonchev–Trinajstić information content (AvgIpc) is 3.27. The second-order valence-corrected chi connectivity index (χ2v) is 17.1. The zero-order valence-corrected chi connectivity index (χ0v) is 40.6. The van der Waals surface area contributed by atoms with Crippen LogP contribution < -0.4 is 0 Å². The van der Waals surface area contributed by atoms with Crippen LogP contribution in [0.1, 0.15) is 245 Å². The quantitative estimate of drug-likeness (QED) is 0.0262. The lowest BCUT2D eigenvalue weighted by Gasteiger charge is -2.18. The van der Waals surface area contributed by atoms with E-state index in [9.17, 15) is 14.4 Å². The van der Waals surface area contributed by atoms with Gasteiger partial charge in [0, 0.05) is 19.3 Å². The Morgan fingerprint density at radius 2 is 0.581 bits per heavy atom. The van der Waals surface area contributed by atoms with Gasteiger partial charge in [-0.3, -0.25) is 14.4 Å². The summed E-state index contributed by atoms with van der Waals surface area (Å²) in [5.74, 6) is -0.946. The number of hydrogen-bond donors (Lipinski definition) is 0. The van der Waals surface area contributed by atoms with Crippen molar-refractivity contribution in [1.82, 2.24) is 0 Å². The van der Waals surface area contributed by atoms with Gasteiger partial charge in [-0.1, -0.05) is 203 Å². The second kappa shape index (κ2) is 50.5. The Hall–Kier alpha value is -3.15. The first-order valence-corrected chi connectivity index (χ1v) is 25.9. The number of allylic oxidation sites excluding steroid dienone is 12. The van der Waals surface area contributed by atoms with Gasteiger partial charge in [-0.15, -0.1) is 0 Å². The van der Waals surface area contributed by atoms with Gasteiger partial charge in [-0.05, 0) is 96.3 Å². The summed E-state index contributed by atoms with van der Waals surface area (Å²) < 4.78 is 16.7. The third-order valence-corrected chi connectivity index (χ3v) is 10.9. The van der Waals surface area contributed by atoms with Gasteiger partial charge in [0.2, 0.25) is 0 Å². The summed E-state index contributed by atoms with van der Waals surface area (Å²) in [6.45, 7) is 6.52. The van der Waals surface area contributed by atoms with E-state index in [4.69, 9.17) is 14.2 Å². The Labute approximate surface area is 382 Å². The van der Waals surface area contributed by atoms with Crippen LogP contribution in [0.25, 0.3) is 0 Å². The highest BCUT2D eigenvalue weighted by Crippen LogP contribution is 2.14. The highest BCUT2D eigenvalue weighted by Gasteiger charge is 2.19. The molecule has 0 saturated heterocycles. The predicted molar refractivity (Wildman–Crippen MR) is 265 cm³/mol. The Morgan fingerprint density at radius 1 is 0.323 bits per heavy atom. The number of rotatable bonds is 46. The summed E-state index contributed by atoms with van der Waals surface area (Å²) in [7, 11) is 0. The molecule has 0 rings (SSSR count). The summed E-state index contributed by atoms with van der Waals surface area (Å²) >= 11 is 0. The van der Waals surface area contributed by atoms with Gasteiger partial charge in [0.1, 0.15) is 13.2 Å². The van der Waals surface area contributed by atoms with E-state index in [0.717, 1.165) is 83.5 Å². The first-order chi connectivity index (χ1) is 30.5. The van der Waals surface area contributed by atoms with Crippen LogP contribution in [-0.4, -0.2) is 37.2 Å². The number of carbonyl (C=O) groups is 3. The van der Waals surface area contributed by atoms with Crippen molar-refractivity contribution in [3.8, 4) is 0 Å². The molecule has 0 radical (unpaired) electrons. The number of esters is 3. The highest BCUT2D eigenvalue weighted by molar-refractivity contribution is 5.71. The normalized spacial score (nSPS) is 12.6. The predicted octanol–water partition coefficient (Wildman–Crippen LogP) is 17.0. The van der Waals surface area contributed by atoms with Gasteiger partial charge in [0.05, 0.1) is 0 Å². The van der Waals surface area contributed by atoms with Crippen molar-refractivity contribution in [2.24, 2.45) is 0 Å². The molecule has 0 aliphatic carbocycles. The van der Waals surface area contributed by atoms with E-state index in [1.54, 1.807) is 0 Å². The van der Waals surface area contributed by atoms with E-state index in [1.807, 2.05) is 0 Å². The van der Waals surface area contributed by atoms with Crippen LogP contribution in [0.4, 0.5) is 0 Å². The van der Waals surface area contributed by atoms with Gasteiger partial charge in [0.15, 0.2) is 6.10 Å². The average molecular weight is 865 g/mol. The molecule has 0 heterocycles. The summed E-state index contributed by atoms with van der Waals surface area (Å²) in [6.07, 6.45) is 63.1. The summed E-state index contributed by atoms with van der Waals surface area (Å²) in [6, 6.07) is 0. The standard InChI is InChI=1S/C56H96O6/c1-4-7-10-13-16-19-22-24-26-27-28-29-31-32-34-37-40-43-46-49-55(58)61-52-53(51-60-54(57)48-45-42-39-36-21-18-15-12-9-6-3)62-56(59)50-47-44-41-38-35-33-30-25-23-20-17-14-11-8-5-2/h16-17,19-20,24-26,28-30,35,38,53H,4-15,18,21-23,27,31-34,36-37,39-52H2,1-3H3/b19-16-,20-17-,26-24-,29-28-,30-25-,38-35-/t53-/m1/s1. The number of ether oxygens (including phenoxy) is 3. The molecular formula is C56H96O6. The van der Waals surface area contributed by atoms with Crippen LogP contribution in [0.5, 0.6) is 0 Å². The van der Waals surface area contributed by atoms with E-state index < -0.39 is 6.10 Å². The van der Waals surface area contributed by atoms with Gasteiger partial charge >= 0.3 is 17.9 Å². The molecule has 356 valence electrons. The van der Waals surface area contributed by atoms with Crippen LogP contribution in [0, 0.1) is 0 Å². The fourth-order valence-corrected chi connectivity index (χ4v) is 6.98. The smallest absolute Gasteiger partial charge is 0.306 e. The Balaban J connectivity index is 4.42. The first-order valence-electron chi connectivity index (χ1n) is 25.9. The third-order valence-electron chi connectivity index (χ3n) is 10.9. The molecule has 0 N–H and O–H groups in total. The molecular weight excluding hydrogens is 769 g/mol. The van der Waals surface area contributed by atoms with E-state index >= 15 is 0 Å². The zero-order valence-electron chi connectivity index (χ0n) is 40.6. The minimum Gasteiger partial charge on any atom is -0.462 e. The molecule has 0 aromatic rings. The zero-order chi connectivity index (χ0) is 45.1. The summed E-state index contributed by atoms with van der Waals surface area (Å²) in [5.41, 5.74) is 0. The van der Waals surface area contributed by atoms with Crippen LogP contribution in [0.3, 0.4) is 0 Å². The van der Waals surface area contributed by atoms with Crippen molar-refractivity contribution in [2.45, 2.75) is 252 Å². The van der Waals surface area contributed by atoms with Crippen LogP contribution in [-0.2, 0) is 28.6 Å². The molecule has 6 heteroatoms. The lowest BCUT2D eigenvalue weighted by molar-refractivity contribution is -0.167. The van der Waals surface area contributed by atoms with Gasteiger partial charge < -0.3 is 14.2 Å².